The van der Waals surface area contributed by atoms with E-state index in [1.165, 1.54) is 122 Å². The Morgan fingerprint density at radius 2 is 1.12 bits per heavy atom. The van der Waals surface area contributed by atoms with Gasteiger partial charge in [-0.15, -0.1) is 0 Å². The molecule has 9 nitrogen and oxygen atoms in total. The first-order valence-electron chi connectivity index (χ1n) is 20.4. The van der Waals surface area contributed by atoms with Crippen molar-refractivity contribution in [3.05, 3.63) is 12.2 Å². The summed E-state index contributed by atoms with van der Waals surface area (Å²) in [6.45, 7) is 3.75. The summed E-state index contributed by atoms with van der Waals surface area (Å²) in [5, 5.41) is 53.9. The van der Waals surface area contributed by atoms with Gasteiger partial charge in [0.25, 0.3) is 0 Å². The van der Waals surface area contributed by atoms with Crippen molar-refractivity contribution in [3.63, 3.8) is 0 Å². The zero-order valence-electron chi connectivity index (χ0n) is 31.5. The number of unbranched alkanes of at least 4 members (excludes halogenated alkanes) is 23. The molecule has 1 fully saturated rings. The van der Waals surface area contributed by atoms with Gasteiger partial charge in [0.1, 0.15) is 24.4 Å². The Hall–Kier alpha value is -1.07. The minimum atomic E-state index is -1.56. The molecule has 1 saturated heterocycles. The largest absolute Gasteiger partial charge is 0.394 e. The molecule has 49 heavy (non-hydrogen) atoms. The normalized spacial score (nSPS) is 22.5. The molecule has 0 bridgehead atoms. The molecule has 290 valence electrons. The summed E-state index contributed by atoms with van der Waals surface area (Å²) in [6, 6.07) is -0.796. The zero-order valence-corrected chi connectivity index (χ0v) is 31.5. The fourth-order valence-corrected chi connectivity index (χ4v) is 6.51. The molecule has 1 amide bonds. The molecule has 1 aliphatic rings. The van der Waals surface area contributed by atoms with E-state index in [4.69, 9.17) is 9.47 Å². The summed E-state index contributed by atoms with van der Waals surface area (Å²) in [5.74, 6) is -0.178. The summed E-state index contributed by atoms with van der Waals surface area (Å²) in [6.07, 6.45) is 26.7. The van der Waals surface area contributed by atoms with E-state index in [0.29, 0.717) is 6.42 Å². The lowest BCUT2D eigenvalue weighted by Crippen LogP contribution is -2.60. The fourth-order valence-electron chi connectivity index (χ4n) is 6.51. The number of hydrogen-bond donors (Lipinski definition) is 6. The van der Waals surface area contributed by atoms with E-state index in [1.807, 2.05) is 6.08 Å². The monoisotopic (exact) mass is 700 g/mol. The van der Waals surface area contributed by atoms with Crippen molar-refractivity contribution in [1.29, 1.82) is 0 Å². The summed E-state index contributed by atoms with van der Waals surface area (Å²) < 4.78 is 11.2. The van der Waals surface area contributed by atoms with Crippen molar-refractivity contribution in [2.45, 2.75) is 224 Å². The van der Waals surface area contributed by atoms with Crippen LogP contribution in [0, 0.1) is 0 Å². The van der Waals surface area contributed by atoms with Gasteiger partial charge in [0.05, 0.1) is 25.4 Å². The molecule has 1 aliphatic heterocycles. The molecule has 7 atom stereocenters. The number of aliphatic hydroxyl groups excluding tert-OH is 5. The number of hydrogen-bond acceptors (Lipinski definition) is 8. The number of allylic oxidation sites excluding steroid dienone is 1. The molecule has 0 aromatic rings. The van der Waals surface area contributed by atoms with E-state index in [0.717, 1.165) is 38.5 Å². The molecule has 9 heteroatoms. The van der Waals surface area contributed by atoms with E-state index in [2.05, 4.69) is 19.2 Å². The number of aliphatic hydroxyl groups is 5. The highest BCUT2D eigenvalue weighted by molar-refractivity contribution is 5.76. The lowest BCUT2D eigenvalue weighted by Gasteiger charge is -2.40. The molecule has 0 radical (unpaired) electrons. The van der Waals surface area contributed by atoms with Gasteiger partial charge in [0.15, 0.2) is 6.29 Å². The quantitative estimate of drug-likeness (QED) is 0.0307. The highest BCUT2D eigenvalue weighted by Gasteiger charge is 2.44. The number of carbonyl (C=O) groups is 1. The molecular weight excluding hydrogens is 622 g/mol. The molecule has 1 heterocycles. The van der Waals surface area contributed by atoms with Crippen LogP contribution in [0.4, 0.5) is 0 Å². The van der Waals surface area contributed by atoms with Crippen LogP contribution in [0.5, 0.6) is 0 Å². The van der Waals surface area contributed by atoms with Crippen LogP contribution >= 0.6 is 0 Å². The number of rotatable bonds is 33. The van der Waals surface area contributed by atoms with E-state index < -0.39 is 49.5 Å². The first kappa shape index (κ1) is 46.0. The zero-order chi connectivity index (χ0) is 36.0. The summed E-state index contributed by atoms with van der Waals surface area (Å²) >= 11 is 0. The Kier molecular flexibility index (Phi) is 29.7. The van der Waals surface area contributed by atoms with Crippen LogP contribution in [-0.4, -0.2) is 87.5 Å². The highest BCUT2D eigenvalue weighted by Crippen LogP contribution is 2.22. The smallest absolute Gasteiger partial charge is 0.220 e. The van der Waals surface area contributed by atoms with E-state index in [9.17, 15) is 30.3 Å². The van der Waals surface area contributed by atoms with Gasteiger partial charge in [0.2, 0.25) is 5.91 Å². The van der Waals surface area contributed by atoms with E-state index in [1.54, 1.807) is 6.08 Å². The molecule has 6 N–H and O–H groups in total. The van der Waals surface area contributed by atoms with Gasteiger partial charge in [-0.1, -0.05) is 167 Å². The Balaban J connectivity index is 2.43. The molecule has 0 aliphatic carbocycles. The molecule has 0 unspecified atom stereocenters. The van der Waals surface area contributed by atoms with Crippen molar-refractivity contribution in [2.75, 3.05) is 13.2 Å². The Labute approximate surface area is 299 Å². The van der Waals surface area contributed by atoms with Gasteiger partial charge in [0, 0.05) is 6.42 Å². The van der Waals surface area contributed by atoms with Crippen LogP contribution < -0.4 is 5.32 Å². The van der Waals surface area contributed by atoms with Gasteiger partial charge < -0.3 is 40.3 Å². The van der Waals surface area contributed by atoms with Crippen molar-refractivity contribution < 1.29 is 39.8 Å². The van der Waals surface area contributed by atoms with Crippen LogP contribution in [0.15, 0.2) is 12.2 Å². The van der Waals surface area contributed by atoms with Crippen LogP contribution in [-0.2, 0) is 14.3 Å². The average Bonchev–Trinajstić information content (AvgIpc) is 3.10. The first-order chi connectivity index (χ1) is 23.8. The molecular formula is C40H77NO8. The maximum absolute atomic E-state index is 12.9. The first-order valence-corrected chi connectivity index (χ1v) is 20.4. The summed E-state index contributed by atoms with van der Waals surface area (Å²) in [7, 11) is 0. The molecule has 0 saturated carbocycles. The third kappa shape index (κ3) is 23.2. The third-order valence-electron chi connectivity index (χ3n) is 9.86. The van der Waals surface area contributed by atoms with Crippen molar-refractivity contribution in [3.8, 4) is 0 Å². The average molecular weight is 700 g/mol. The maximum Gasteiger partial charge on any atom is 0.220 e. The summed E-state index contributed by atoms with van der Waals surface area (Å²) in [4.78, 5) is 12.9. The second kappa shape index (κ2) is 31.6. The number of carbonyl (C=O) groups excluding carboxylic acids is 1. The lowest BCUT2D eigenvalue weighted by atomic mass is 9.99. The molecule has 0 aromatic carbocycles. The SMILES string of the molecule is CCCCCCCCCCCCC/C=C/[C@@H](O)[C@H](CO[C@@H]1O[C@H](CO)[C@@H](O)[C@H](O)[C@@H]1O)NC(=O)CCCCCCCCCCCCCCC. The molecule has 0 spiro atoms. The van der Waals surface area contributed by atoms with E-state index in [-0.39, 0.29) is 12.5 Å². The second-order valence-electron chi connectivity index (χ2n) is 14.4. The van der Waals surface area contributed by atoms with Crippen molar-refractivity contribution >= 4 is 5.91 Å². The maximum atomic E-state index is 12.9. The topological polar surface area (TPSA) is 149 Å². The predicted molar refractivity (Wildman–Crippen MR) is 198 cm³/mol. The summed E-state index contributed by atoms with van der Waals surface area (Å²) in [5.41, 5.74) is 0. The van der Waals surface area contributed by atoms with Gasteiger partial charge >= 0.3 is 0 Å². The Bertz CT molecular complexity index is 781. The van der Waals surface area contributed by atoms with E-state index >= 15 is 0 Å². The van der Waals surface area contributed by atoms with Crippen LogP contribution in [0.25, 0.3) is 0 Å². The minimum Gasteiger partial charge on any atom is -0.394 e. The second-order valence-corrected chi connectivity index (χ2v) is 14.4. The van der Waals surface area contributed by atoms with Crippen molar-refractivity contribution in [2.24, 2.45) is 0 Å². The van der Waals surface area contributed by atoms with Gasteiger partial charge in [-0.3, -0.25) is 4.79 Å². The third-order valence-corrected chi connectivity index (χ3v) is 9.86. The highest BCUT2D eigenvalue weighted by atomic mass is 16.7. The fraction of sp³-hybridized carbons (Fsp3) is 0.925. The van der Waals surface area contributed by atoms with Gasteiger partial charge in [-0.2, -0.15) is 0 Å². The number of nitrogens with one attached hydrogen (secondary N) is 1. The number of ether oxygens (including phenoxy) is 2. The van der Waals surface area contributed by atoms with Crippen LogP contribution in [0.1, 0.15) is 181 Å². The molecule has 0 aromatic heterocycles. The minimum absolute atomic E-state index is 0.178. The van der Waals surface area contributed by atoms with Crippen LogP contribution in [0.2, 0.25) is 0 Å². The Morgan fingerprint density at radius 1 is 0.673 bits per heavy atom. The Morgan fingerprint density at radius 3 is 1.59 bits per heavy atom. The standard InChI is InChI=1S/C40H77NO8/c1-3-5-7-9-11-13-15-17-19-21-23-25-27-29-34(43)33(32-48-40-39(47)38(46)37(45)35(31-42)49-40)41-36(44)30-28-26-24-22-20-18-16-14-12-10-8-6-4-2/h27,29,33-35,37-40,42-43,45-47H,3-26,28,30-32H2,1-2H3,(H,41,44)/b29-27+/t33-,34+,35+,37+,38-,39-,40+/m0/s1. The van der Waals surface area contributed by atoms with Crippen LogP contribution in [0.3, 0.4) is 0 Å². The lowest BCUT2D eigenvalue weighted by molar-refractivity contribution is -0.302. The van der Waals surface area contributed by atoms with Gasteiger partial charge in [-0.05, 0) is 19.3 Å². The van der Waals surface area contributed by atoms with Crippen molar-refractivity contribution in [1.82, 2.24) is 5.32 Å². The number of amides is 1. The predicted octanol–water partition coefficient (Wildman–Crippen LogP) is 7.39. The van der Waals surface area contributed by atoms with Gasteiger partial charge in [-0.25, -0.2) is 0 Å². The molecule has 1 rings (SSSR count).